The summed E-state index contributed by atoms with van der Waals surface area (Å²) in [5.74, 6) is 0.535. The molecule has 0 saturated heterocycles. The van der Waals surface area contributed by atoms with E-state index >= 15 is 0 Å². The highest BCUT2D eigenvalue weighted by Crippen LogP contribution is 2.32. The smallest absolute Gasteiger partial charge is 0.0541 e. The van der Waals surface area contributed by atoms with E-state index in [9.17, 15) is 0 Å². The number of benzene rings is 3. The van der Waals surface area contributed by atoms with Gasteiger partial charge in [-0.15, -0.1) is 0 Å². The first kappa shape index (κ1) is 13.1. The Bertz CT molecular complexity index is 907. The fraction of sp³-hybridized carbons (Fsp3) is 0.143. The van der Waals surface area contributed by atoms with E-state index < -0.39 is 0 Å². The predicted octanol–water partition coefficient (Wildman–Crippen LogP) is 5.91. The van der Waals surface area contributed by atoms with Crippen LogP contribution in [0.1, 0.15) is 25.3 Å². The van der Waals surface area contributed by atoms with E-state index in [0.717, 1.165) is 0 Å². The summed E-state index contributed by atoms with van der Waals surface area (Å²) in [5.41, 5.74) is 5.15. The van der Waals surface area contributed by atoms with Crippen LogP contribution in [0.25, 0.3) is 27.5 Å². The summed E-state index contributed by atoms with van der Waals surface area (Å²) in [6, 6.07) is 26.2. The van der Waals surface area contributed by atoms with E-state index in [-0.39, 0.29) is 0 Å². The van der Waals surface area contributed by atoms with Crippen LogP contribution in [-0.2, 0) is 0 Å². The fourth-order valence-electron chi connectivity index (χ4n) is 3.22. The normalized spacial score (nSPS) is 11.6. The van der Waals surface area contributed by atoms with Gasteiger partial charge in [0.15, 0.2) is 0 Å². The third kappa shape index (κ3) is 1.93. The van der Waals surface area contributed by atoms with Crippen LogP contribution in [0.4, 0.5) is 0 Å². The second-order valence-corrected chi connectivity index (χ2v) is 6.12. The Morgan fingerprint density at radius 3 is 1.86 bits per heavy atom. The number of para-hydroxylation sites is 2. The first-order chi connectivity index (χ1) is 10.8. The Morgan fingerprint density at radius 1 is 0.682 bits per heavy atom. The molecule has 0 bridgehead atoms. The van der Waals surface area contributed by atoms with Crippen LogP contribution < -0.4 is 0 Å². The van der Waals surface area contributed by atoms with Crippen LogP contribution in [0, 0.1) is 0 Å². The van der Waals surface area contributed by atoms with Gasteiger partial charge in [0.1, 0.15) is 0 Å². The highest BCUT2D eigenvalue weighted by Gasteiger charge is 2.11. The van der Waals surface area contributed by atoms with Crippen molar-refractivity contribution in [2.75, 3.05) is 0 Å². The summed E-state index contributed by atoms with van der Waals surface area (Å²) in [6.07, 6.45) is 0. The van der Waals surface area contributed by atoms with Gasteiger partial charge in [0, 0.05) is 16.5 Å². The molecular formula is C21H19N. The largest absolute Gasteiger partial charge is 0.309 e. The molecule has 0 N–H and O–H groups in total. The van der Waals surface area contributed by atoms with Crippen LogP contribution >= 0.6 is 0 Å². The van der Waals surface area contributed by atoms with Crippen LogP contribution in [0.15, 0.2) is 72.8 Å². The zero-order valence-corrected chi connectivity index (χ0v) is 13.0. The van der Waals surface area contributed by atoms with Crippen LogP contribution in [-0.4, -0.2) is 4.57 Å². The first-order valence-electron chi connectivity index (χ1n) is 7.84. The molecule has 108 valence electrons. The van der Waals surface area contributed by atoms with Gasteiger partial charge >= 0.3 is 0 Å². The third-order valence-corrected chi connectivity index (χ3v) is 4.38. The standard InChI is InChI=1S/C21H19N/c1-15(2)16-8-7-9-17(14-16)22-20-12-5-3-10-18(20)19-11-4-6-13-21(19)22/h3-15H,1-2H3. The molecule has 0 aliphatic heterocycles. The van der Waals surface area contributed by atoms with Gasteiger partial charge in [-0.2, -0.15) is 0 Å². The number of rotatable bonds is 2. The summed E-state index contributed by atoms with van der Waals surface area (Å²) in [6.45, 7) is 4.48. The lowest BCUT2D eigenvalue weighted by molar-refractivity contribution is 0.864. The summed E-state index contributed by atoms with van der Waals surface area (Å²) < 4.78 is 2.37. The van der Waals surface area contributed by atoms with E-state index in [4.69, 9.17) is 0 Å². The van der Waals surface area contributed by atoms with Gasteiger partial charge in [-0.05, 0) is 35.7 Å². The molecule has 0 aliphatic carbocycles. The second kappa shape index (κ2) is 5.03. The van der Waals surface area contributed by atoms with Crippen LogP contribution in [0.2, 0.25) is 0 Å². The van der Waals surface area contributed by atoms with Crippen molar-refractivity contribution in [3.05, 3.63) is 78.4 Å². The zero-order chi connectivity index (χ0) is 15.1. The van der Waals surface area contributed by atoms with Gasteiger partial charge in [0.05, 0.1) is 11.0 Å². The topological polar surface area (TPSA) is 4.93 Å². The predicted molar refractivity (Wildman–Crippen MR) is 94.9 cm³/mol. The van der Waals surface area contributed by atoms with Crippen molar-refractivity contribution in [2.24, 2.45) is 0 Å². The van der Waals surface area contributed by atoms with Gasteiger partial charge in [0.2, 0.25) is 0 Å². The van der Waals surface area contributed by atoms with Gasteiger partial charge in [-0.25, -0.2) is 0 Å². The van der Waals surface area contributed by atoms with E-state index in [2.05, 4.69) is 91.2 Å². The molecule has 4 aromatic rings. The van der Waals surface area contributed by atoms with E-state index in [1.54, 1.807) is 0 Å². The van der Waals surface area contributed by atoms with Gasteiger partial charge in [0.25, 0.3) is 0 Å². The molecule has 0 saturated carbocycles. The van der Waals surface area contributed by atoms with Crippen molar-refractivity contribution >= 4 is 21.8 Å². The Morgan fingerprint density at radius 2 is 1.27 bits per heavy atom. The Balaban J connectivity index is 2.11. The second-order valence-electron chi connectivity index (χ2n) is 6.12. The minimum Gasteiger partial charge on any atom is -0.309 e. The van der Waals surface area contributed by atoms with E-state index in [1.165, 1.54) is 33.1 Å². The van der Waals surface area contributed by atoms with Crippen LogP contribution in [0.3, 0.4) is 0 Å². The monoisotopic (exact) mass is 285 g/mol. The number of hydrogen-bond donors (Lipinski definition) is 0. The van der Waals surface area contributed by atoms with Crippen molar-refractivity contribution in [3.63, 3.8) is 0 Å². The van der Waals surface area contributed by atoms with Crippen LogP contribution in [0.5, 0.6) is 0 Å². The SMILES string of the molecule is CC(C)c1cccc(-n2c3ccccc3c3ccccc32)c1. The molecule has 22 heavy (non-hydrogen) atoms. The molecule has 1 aromatic heterocycles. The van der Waals surface area contributed by atoms with Crippen molar-refractivity contribution in [1.29, 1.82) is 0 Å². The van der Waals surface area contributed by atoms with E-state index in [1.807, 2.05) is 0 Å². The molecule has 0 amide bonds. The lowest BCUT2D eigenvalue weighted by Crippen LogP contribution is -1.96. The molecule has 3 aromatic carbocycles. The zero-order valence-electron chi connectivity index (χ0n) is 13.0. The summed E-state index contributed by atoms with van der Waals surface area (Å²) >= 11 is 0. The maximum Gasteiger partial charge on any atom is 0.0541 e. The van der Waals surface area contributed by atoms with Gasteiger partial charge in [-0.3, -0.25) is 0 Å². The summed E-state index contributed by atoms with van der Waals surface area (Å²) in [5, 5.41) is 2.63. The number of fused-ring (bicyclic) bond motifs is 3. The molecule has 0 atom stereocenters. The molecule has 1 nitrogen and oxygen atoms in total. The molecular weight excluding hydrogens is 266 g/mol. The number of hydrogen-bond acceptors (Lipinski definition) is 0. The first-order valence-corrected chi connectivity index (χ1v) is 7.84. The van der Waals surface area contributed by atoms with Gasteiger partial charge in [-0.1, -0.05) is 62.4 Å². The van der Waals surface area contributed by atoms with Crippen molar-refractivity contribution in [2.45, 2.75) is 19.8 Å². The summed E-state index contributed by atoms with van der Waals surface area (Å²) in [7, 11) is 0. The van der Waals surface area contributed by atoms with Gasteiger partial charge < -0.3 is 4.57 Å². The molecule has 1 heterocycles. The maximum atomic E-state index is 2.37. The Kier molecular flexibility index (Phi) is 3.00. The summed E-state index contributed by atoms with van der Waals surface area (Å²) in [4.78, 5) is 0. The quantitative estimate of drug-likeness (QED) is 0.431. The Labute approximate surface area is 130 Å². The lowest BCUT2D eigenvalue weighted by Gasteiger charge is -2.11. The van der Waals surface area contributed by atoms with Crippen molar-refractivity contribution in [3.8, 4) is 5.69 Å². The number of aromatic nitrogens is 1. The minimum atomic E-state index is 0.535. The fourth-order valence-corrected chi connectivity index (χ4v) is 3.22. The van der Waals surface area contributed by atoms with E-state index in [0.29, 0.717) is 5.92 Å². The maximum absolute atomic E-state index is 2.37. The molecule has 0 spiro atoms. The average Bonchev–Trinajstić information content (AvgIpc) is 2.89. The third-order valence-electron chi connectivity index (χ3n) is 4.38. The molecule has 0 fully saturated rings. The minimum absolute atomic E-state index is 0.535. The molecule has 0 radical (unpaired) electrons. The average molecular weight is 285 g/mol. The lowest BCUT2D eigenvalue weighted by atomic mass is 10.0. The molecule has 0 unspecified atom stereocenters. The highest BCUT2D eigenvalue weighted by atomic mass is 15.0. The number of nitrogens with zero attached hydrogens (tertiary/aromatic N) is 1. The molecule has 1 heteroatoms. The highest BCUT2D eigenvalue weighted by molar-refractivity contribution is 6.09. The molecule has 0 aliphatic rings. The Hall–Kier alpha value is -2.54. The van der Waals surface area contributed by atoms with Crippen molar-refractivity contribution < 1.29 is 0 Å². The molecule has 4 rings (SSSR count). The van der Waals surface area contributed by atoms with Crippen molar-refractivity contribution in [1.82, 2.24) is 4.57 Å².